The summed E-state index contributed by atoms with van der Waals surface area (Å²) in [6, 6.07) is 17.1. The lowest BCUT2D eigenvalue weighted by Crippen LogP contribution is -2.11. The Morgan fingerprint density at radius 1 is 0.955 bits per heavy atom. The van der Waals surface area contributed by atoms with E-state index in [1.54, 1.807) is 67.8 Å². The molecular formula is C17H14O4S. The molecule has 3 rings (SSSR count). The zero-order valence-corrected chi connectivity index (χ0v) is 12.7. The van der Waals surface area contributed by atoms with Crippen LogP contribution in [0.3, 0.4) is 0 Å². The minimum atomic E-state index is -3.90. The standard InChI is InChI=1S/C17H14O4S/c1-13-9-10-14(16-8-5-11-20-16)12-17(13)22(18,19)21-15-6-3-2-4-7-15/h2-12H,1H3. The molecule has 2 aromatic carbocycles. The molecule has 0 radical (unpaired) electrons. The van der Waals surface area contributed by atoms with Gasteiger partial charge in [-0.05, 0) is 42.8 Å². The maximum Gasteiger partial charge on any atom is 0.339 e. The van der Waals surface area contributed by atoms with Gasteiger partial charge in [-0.2, -0.15) is 8.42 Å². The van der Waals surface area contributed by atoms with Crippen molar-refractivity contribution in [2.75, 3.05) is 0 Å². The largest absolute Gasteiger partial charge is 0.464 e. The summed E-state index contributed by atoms with van der Waals surface area (Å²) in [6.07, 6.45) is 1.55. The van der Waals surface area contributed by atoms with Gasteiger partial charge in [0.1, 0.15) is 16.4 Å². The number of benzene rings is 2. The first-order valence-corrected chi connectivity index (χ1v) is 8.11. The molecule has 0 aliphatic carbocycles. The Hall–Kier alpha value is -2.53. The molecule has 3 aromatic rings. The van der Waals surface area contributed by atoms with Crippen LogP contribution in [0, 0.1) is 6.92 Å². The van der Waals surface area contributed by atoms with Crippen molar-refractivity contribution in [1.29, 1.82) is 0 Å². The summed E-state index contributed by atoms with van der Waals surface area (Å²) in [7, 11) is -3.90. The van der Waals surface area contributed by atoms with Gasteiger partial charge in [0.2, 0.25) is 0 Å². The van der Waals surface area contributed by atoms with Crippen LogP contribution in [0.2, 0.25) is 0 Å². The van der Waals surface area contributed by atoms with E-state index < -0.39 is 10.1 Å². The topological polar surface area (TPSA) is 56.5 Å². The smallest absolute Gasteiger partial charge is 0.339 e. The molecule has 0 atom stereocenters. The molecule has 0 unspecified atom stereocenters. The second-order valence-corrected chi connectivity index (χ2v) is 6.32. The summed E-state index contributed by atoms with van der Waals surface area (Å²) in [5.41, 5.74) is 1.30. The summed E-state index contributed by atoms with van der Waals surface area (Å²) in [4.78, 5) is 0.130. The Kier molecular flexibility index (Phi) is 3.73. The highest BCUT2D eigenvalue weighted by Crippen LogP contribution is 2.27. The van der Waals surface area contributed by atoms with Crippen LogP contribution in [-0.2, 0) is 10.1 Å². The van der Waals surface area contributed by atoms with E-state index in [1.165, 1.54) is 0 Å². The molecule has 0 N–H and O–H groups in total. The number of para-hydroxylation sites is 1. The molecule has 22 heavy (non-hydrogen) atoms. The lowest BCUT2D eigenvalue weighted by atomic mass is 10.1. The zero-order valence-electron chi connectivity index (χ0n) is 11.9. The molecule has 0 saturated carbocycles. The lowest BCUT2D eigenvalue weighted by Gasteiger charge is -2.10. The van der Waals surface area contributed by atoms with Crippen molar-refractivity contribution in [1.82, 2.24) is 0 Å². The predicted molar refractivity (Wildman–Crippen MR) is 83.1 cm³/mol. The normalized spacial score (nSPS) is 11.3. The molecule has 1 heterocycles. The monoisotopic (exact) mass is 314 g/mol. The molecule has 0 fully saturated rings. The molecule has 1 aromatic heterocycles. The second-order valence-electron chi connectivity index (χ2n) is 4.81. The van der Waals surface area contributed by atoms with Gasteiger partial charge >= 0.3 is 10.1 Å². The van der Waals surface area contributed by atoms with Gasteiger partial charge in [-0.3, -0.25) is 0 Å². The van der Waals surface area contributed by atoms with Crippen LogP contribution in [0.4, 0.5) is 0 Å². The van der Waals surface area contributed by atoms with Gasteiger partial charge in [0.25, 0.3) is 0 Å². The molecule has 5 heteroatoms. The van der Waals surface area contributed by atoms with Gasteiger partial charge in [-0.1, -0.05) is 30.3 Å². The molecule has 112 valence electrons. The van der Waals surface area contributed by atoms with Crippen LogP contribution in [0.25, 0.3) is 11.3 Å². The highest BCUT2D eigenvalue weighted by molar-refractivity contribution is 7.87. The molecule has 0 aliphatic heterocycles. The van der Waals surface area contributed by atoms with Crippen molar-refractivity contribution in [2.24, 2.45) is 0 Å². The van der Waals surface area contributed by atoms with Crippen molar-refractivity contribution in [3.63, 3.8) is 0 Å². The van der Waals surface area contributed by atoms with Crippen molar-refractivity contribution < 1.29 is 17.0 Å². The van der Waals surface area contributed by atoms with Crippen molar-refractivity contribution in [3.05, 3.63) is 72.5 Å². The van der Waals surface area contributed by atoms with E-state index >= 15 is 0 Å². The van der Waals surface area contributed by atoms with Crippen LogP contribution < -0.4 is 4.18 Å². The fourth-order valence-electron chi connectivity index (χ4n) is 2.11. The van der Waals surface area contributed by atoms with Crippen LogP contribution in [0.15, 0.2) is 76.2 Å². The van der Waals surface area contributed by atoms with Gasteiger partial charge < -0.3 is 8.60 Å². The van der Waals surface area contributed by atoms with E-state index in [4.69, 9.17) is 8.60 Å². The average molecular weight is 314 g/mol. The first-order chi connectivity index (χ1) is 10.6. The van der Waals surface area contributed by atoms with Gasteiger partial charge in [-0.25, -0.2) is 0 Å². The third-order valence-electron chi connectivity index (χ3n) is 3.21. The number of furan rings is 1. The van der Waals surface area contributed by atoms with Crippen molar-refractivity contribution in [2.45, 2.75) is 11.8 Å². The molecule has 0 aliphatic rings. The predicted octanol–water partition coefficient (Wildman–Crippen LogP) is 4.02. The number of hydrogen-bond acceptors (Lipinski definition) is 4. The number of rotatable bonds is 4. The van der Waals surface area contributed by atoms with Crippen molar-refractivity contribution in [3.8, 4) is 17.1 Å². The Balaban J connectivity index is 2.01. The molecule has 0 bridgehead atoms. The summed E-state index contributed by atoms with van der Waals surface area (Å²) in [5.74, 6) is 0.890. The van der Waals surface area contributed by atoms with E-state index in [2.05, 4.69) is 0 Å². The Morgan fingerprint density at radius 3 is 2.41 bits per heavy atom. The van der Waals surface area contributed by atoms with E-state index in [-0.39, 0.29) is 10.6 Å². The maximum atomic E-state index is 12.5. The van der Waals surface area contributed by atoms with Gasteiger partial charge in [0.15, 0.2) is 0 Å². The average Bonchev–Trinajstić information content (AvgIpc) is 3.02. The molecular weight excluding hydrogens is 300 g/mol. The summed E-state index contributed by atoms with van der Waals surface area (Å²) in [6.45, 7) is 1.73. The summed E-state index contributed by atoms with van der Waals surface area (Å²) in [5, 5.41) is 0. The van der Waals surface area contributed by atoms with E-state index in [1.807, 2.05) is 6.07 Å². The van der Waals surface area contributed by atoms with Crippen LogP contribution in [-0.4, -0.2) is 8.42 Å². The molecule has 0 amide bonds. The first kappa shape index (κ1) is 14.4. The minimum Gasteiger partial charge on any atom is -0.464 e. The third-order valence-corrected chi connectivity index (χ3v) is 4.60. The Bertz CT molecular complexity index is 866. The Morgan fingerprint density at radius 2 is 1.73 bits per heavy atom. The quantitative estimate of drug-likeness (QED) is 0.682. The SMILES string of the molecule is Cc1ccc(-c2ccco2)cc1S(=O)(=O)Oc1ccccc1. The maximum absolute atomic E-state index is 12.5. The van der Waals surface area contributed by atoms with E-state index in [9.17, 15) is 8.42 Å². The van der Waals surface area contributed by atoms with Crippen LogP contribution in [0.1, 0.15) is 5.56 Å². The first-order valence-electron chi connectivity index (χ1n) is 6.70. The summed E-state index contributed by atoms with van der Waals surface area (Å²) >= 11 is 0. The Labute approximate surface area is 129 Å². The molecule has 0 saturated heterocycles. The van der Waals surface area contributed by atoms with E-state index in [0.29, 0.717) is 16.9 Å². The number of aryl methyl sites for hydroxylation is 1. The van der Waals surface area contributed by atoms with Gasteiger partial charge in [0.05, 0.1) is 6.26 Å². The third kappa shape index (κ3) is 2.89. The van der Waals surface area contributed by atoms with Gasteiger partial charge in [0, 0.05) is 5.56 Å². The highest BCUT2D eigenvalue weighted by atomic mass is 32.2. The fourth-order valence-corrected chi connectivity index (χ4v) is 3.30. The van der Waals surface area contributed by atoms with Crippen molar-refractivity contribution >= 4 is 10.1 Å². The van der Waals surface area contributed by atoms with Crippen LogP contribution in [0.5, 0.6) is 5.75 Å². The molecule has 0 spiro atoms. The zero-order chi connectivity index (χ0) is 15.6. The summed E-state index contributed by atoms with van der Waals surface area (Å²) < 4.78 is 35.5. The van der Waals surface area contributed by atoms with Crippen LogP contribution >= 0.6 is 0 Å². The highest BCUT2D eigenvalue weighted by Gasteiger charge is 2.20. The fraction of sp³-hybridized carbons (Fsp3) is 0.0588. The molecule has 4 nitrogen and oxygen atoms in total. The lowest BCUT2D eigenvalue weighted by molar-refractivity contribution is 0.485. The van der Waals surface area contributed by atoms with Gasteiger partial charge in [-0.15, -0.1) is 0 Å². The number of hydrogen-bond donors (Lipinski definition) is 0. The minimum absolute atomic E-state index is 0.130. The van der Waals surface area contributed by atoms with E-state index in [0.717, 1.165) is 0 Å². The second kappa shape index (κ2) is 5.69.